The highest BCUT2D eigenvalue weighted by molar-refractivity contribution is 5.90. The first-order valence-corrected chi connectivity index (χ1v) is 8.41. The first kappa shape index (κ1) is 19.0. The highest BCUT2D eigenvalue weighted by Gasteiger charge is 2.20. The summed E-state index contributed by atoms with van der Waals surface area (Å²) < 4.78 is 10.6. The zero-order valence-electron chi connectivity index (χ0n) is 15.9. The molecule has 25 heavy (non-hydrogen) atoms. The van der Waals surface area contributed by atoms with Crippen molar-refractivity contribution in [3.63, 3.8) is 0 Å². The van der Waals surface area contributed by atoms with Crippen molar-refractivity contribution < 1.29 is 19.0 Å². The number of anilines is 1. The van der Waals surface area contributed by atoms with E-state index >= 15 is 0 Å². The van der Waals surface area contributed by atoms with Crippen molar-refractivity contribution in [2.75, 3.05) is 26.0 Å². The molecule has 2 N–H and O–H groups in total. The quantitative estimate of drug-likeness (QED) is 0.839. The highest BCUT2D eigenvalue weighted by atomic mass is 16.5. The molecule has 6 heteroatoms. The normalized spacial score (nSPS) is 12.7. The average Bonchev–Trinajstić information content (AvgIpc) is 2.95. The Balaban J connectivity index is 1.94. The van der Waals surface area contributed by atoms with Crippen LogP contribution in [0.3, 0.4) is 0 Å². The maximum atomic E-state index is 12.2. The van der Waals surface area contributed by atoms with Crippen LogP contribution >= 0.6 is 0 Å². The number of hydrogen-bond acceptors (Lipinski definition) is 4. The van der Waals surface area contributed by atoms with Crippen LogP contribution in [-0.4, -0.2) is 31.8 Å². The number of rotatable bonds is 6. The molecule has 0 aliphatic carbocycles. The molecule has 0 fully saturated rings. The molecular formula is C19H28N3O3+. The van der Waals surface area contributed by atoms with Crippen molar-refractivity contribution in [1.82, 2.24) is 5.16 Å². The zero-order chi connectivity index (χ0) is 18.6. The summed E-state index contributed by atoms with van der Waals surface area (Å²) in [5.74, 6) is 1.12. The Labute approximate surface area is 149 Å². The molecule has 1 amide bonds. The van der Waals surface area contributed by atoms with Crippen molar-refractivity contribution in [1.29, 1.82) is 0 Å². The number of amides is 1. The van der Waals surface area contributed by atoms with Crippen LogP contribution in [0.25, 0.3) is 0 Å². The number of likely N-dealkylation sites (N-methyl/N-ethyl adjacent to an activating group) is 1. The molecule has 1 aromatic heterocycles. The van der Waals surface area contributed by atoms with Crippen molar-refractivity contribution in [3.8, 4) is 5.75 Å². The minimum atomic E-state index is -0.115. The smallest absolute Gasteiger partial charge is 0.281 e. The number of quaternary nitrogens is 1. The van der Waals surface area contributed by atoms with Gasteiger partial charge in [0.15, 0.2) is 6.54 Å². The standard InChI is InChI=1S/C19H27N3O3/c1-13-7-8-15(24-6)14(9-13)11-22(5)12-17(23)20-18-10-16(21-25-18)19(2,3)4/h7-10H,11-12H2,1-6H3,(H,20,23)/p+1. The molecule has 0 aliphatic rings. The van der Waals surface area contributed by atoms with Crippen molar-refractivity contribution in [2.24, 2.45) is 0 Å². The van der Waals surface area contributed by atoms with Gasteiger partial charge >= 0.3 is 0 Å². The van der Waals surface area contributed by atoms with Crippen LogP contribution in [-0.2, 0) is 16.8 Å². The van der Waals surface area contributed by atoms with Crippen molar-refractivity contribution in [3.05, 3.63) is 41.1 Å². The first-order chi connectivity index (χ1) is 11.7. The number of nitrogens with zero attached hydrogens (tertiary/aromatic N) is 1. The molecule has 0 saturated carbocycles. The third-order valence-corrected chi connectivity index (χ3v) is 3.93. The van der Waals surface area contributed by atoms with E-state index in [2.05, 4.69) is 16.5 Å². The number of methoxy groups -OCH3 is 1. The molecule has 1 atom stereocenters. The minimum Gasteiger partial charge on any atom is -0.496 e. The Hall–Kier alpha value is -2.34. The summed E-state index contributed by atoms with van der Waals surface area (Å²) in [6.45, 7) is 9.20. The van der Waals surface area contributed by atoms with E-state index in [9.17, 15) is 4.79 Å². The first-order valence-electron chi connectivity index (χ1n) is 8.41. The third-order valence-electron chi connectivity index (χ3n) is 3.93. The van der Waals surface area contributed by atoms with Gasteiger partial charge in [0.05, 0.1) is 19.9 Å². The van der Waals surface area contributed by atoms with Crippen LogP contribution in [0.4, 0.5) is 5.88 Å². The Kier molecular flexibility index (Phi) is 5.85. The van der Waals surface area contributed by atoms with Crippen molar-refractivity contribution >= 4 is 11.8 Å². The lowest BCUT2D eigenvalue weighted by atomic mass is 9.92. The summed E-state index contributed by atoms with van der Waals surface area (Å²) in [5.41, 5.74) is 2.95. The topological polar surface area (TPSA) is 68.8 Å². The number of carbonyl (C=O) groups is 1. The summed E-state index contributed by atoms with van der Waals surface area (Å²) in [5, 5.41) is 6.78. The monoisotopic (exact) mass is 346 g/mol. The Morgan fingerprint density at radius 3 is 2.64 bits per heavy atom. The number of aromatic nitrogens is 1. The van der Waals surface area contributed by atoms with Gasteiger partial charge in [-0.25, -0.2) is 0 Å². The van der Waals surface area contributed by atoms with Gasteiger partial charge in [-0.05, 0) is 19.1 Å². The number of hydrogen-bond donors (Lipinski definition) is 2. The molecule has 2 aromatic rings. The van der Waals surface area contributed by atoms with E-state index in [-0.39, 0.29) is 11.3 Å². The van der Waals surface area contributed by atoms with Crippen LogP contribution in [0.15, 0.2) is 28.8 Å². The van der Waals surface area contributed by atoms with Crippen LogP contribution in [0.1, 0.15) is 37.6 Å². The number of carbonyl (C=O) groups excluding carboxylic acids is 1. The van der Waals surface area contributed by atoms with E-state index in [1.807, 2.05) is 46.9 Å². The molecule has 1 unspecified atom stereocenters. The van der Waals surface area contributed by atoms with Gasteiger partial charge in [-0.1, -0.05) is 37.6 Å². The SMILES string of the molecule is COc1ccc(C)cc1C[NH+](C)CC(=O)Nc1cc(C(C)(C)C)no1. The van der Waals surface area contributed by atoms with Gasteiger partial charge in [0.25, 0.3) is 5.91 Å². The Morgan fingerprint density at radius 1 is 1.32 bits per heavy atom. The van der Waals surface area contributed by atoms with Crippen molar-refractivity contribution in [2.45, 2.75) is 39.7 Å². The van der Waals surface area contributed by atoms with Crippen LogP contribution in [0, 0.1) is 6.92 Å². The molecule has 0 radical (unpaired) electrons. The van der Waals surface area contributed by atoms with Gasteiger partial charge < -0.3 is 14.2 Å². The van der Waals surface area contributed by atoms with E-state index in [0.717, 1.165) is 21.9 Å². The second-order valence-corrected chi connectivity index (χ2v) is 7.50. The van der Waals surface area contributed by atoms with E-state index in [1.54, 1.807) is 13.2 Å². The van der Waals surface area contributed by atoms with Gasteiger partial charge in [-0.2, -0.15) is 0 Å². The van der Waals surface area contributed by atoms with E-state index in [0.29, 0.717) is 19.0 Å². The van der Waals surface area contributed by atoms with Gasteiger partial charge in [0.2, 0.25) is 5.88 Å². The second-order valence-electron chi connectivity index (χ2n) is 7.50. The van der Waals surface area contributed by atoms with E-state index in [1.165, 1.54) is 5.56 Å². The summed E-state index contributed by atoms with van der Waals surface area (Å²) in [6, 6.07) is 7.84. The average molecular weight is 346 g/mol. The van der Waals surface area contributed by atoms with Crippen LogP contribution < -0.4 is 15.0 Å². The van der Waals surface area contributed by atoms with E-state index in [4.69, 9.17) is 9.26 Å². The lowest BCUT2D eigenvalue weighted by Crippen LogP contribution is -3.08. The number of benzene rings is 1. The highest BCUT2D eigenvalue weighted by Crippen LogP contribution is 2.23. The largest absolute Gasteiger partial charge is 0.496 e. The molecule has 136 valence electrons. The maximum absolute atomic E-state index is 12.2. The lowest BCUT2D eigenvalue weighted by molar-refractivity contribution is -0.885. The molecule has 6 nitrogen and oxygen atoms in total. The molecular weight excluding hydrogens is 318 g/mol. The summed E-state index contributed by atoms with van der Waals surface area (Å²) in [4.78, 5) is 13.3. The van der Waals surface area contributed by atoms with Gasteiger partial charge in [0, 0.05) is 17.0 Å². The molecule has 0 saturated heterocycles. The second kappa shape index (κ2) is 7.70. The third kappa shape index (κ3) is 5.32. The molecule has 2 rings (SSSR count). The van der Waals surface area contributed by atoms with E-state index < -0.39 is 0 Å². The van der Waals surface area contributed by atoms with Gasteiger partial charge in [-0.3, -0.25) is 10.1 Å². The summed E-state index contributed by atoms with van der Waals surface area (Å²) in [6.07, 6.45) is 0. The predicted molar refractivity (Wildman–Crippen MR) is 97.0 cm³/mol. The van der Waals surface area contributed by atoms with Crippen LogP contribution in [0.2, 0.25) is 0 Å². The Morgan fingerprint density at radius 2 is 2.04 bits per heavy atom. The predicted octanol–water partition coefficient (Wildman–Crippen LogP) is 1.94. The lowest BCUT2D eigenvalue weighted by Gasteiger charge is -2.15. The van der Waals surface area contributed by atoms with Gasteiger partial charge in [-0.15, -0.1) is 0 Å². The Bertz CT molecular complexity index is 732. The number of aryl methyl sites for hydroxylation is 1. The minimum absolute atomic E-state index is 0.110. The molecule has 0 bridgehead atoms. The molecule has 0 spiro atoms. The number of nitrogens with one attached hydrogen (secondary N) is 2. The molecule has 1 aromatic carbocycles. The summed E-state index contributed by atoms with van der Waals surface area (Å²) >= 11 is 0. The fourth-order valence-corrected chi connectivity index (χ4v) is 2.58. The number of ether oxygens (including phenoxy) is 1. The van der Waals surface area contributed by atoms with Crippen LogP contribution in [0.5, 0.6) is 5.75 Å². The van der Waals surface area contributed by atoms with Gasteiger partial charge in [0.1, 0.15) is 12.3 Å². The maximum Gasteiger partial charge on any atom is 0.281 e. The summed E-state index contributed by atoms with van der Waals surface area (Å²) in [7, 11) is 3.63. The fourth-order valence-electron chi connectivity index (χ4n) is 2.58. The molecule has 1 heterocycles. The molecule has 0 aliphatic heterocycles. The zero-order valence-corrected chi connectivity index (χ0v) is 15.9. The fraction of sp³-hybridized carbons (Fsp3) is 0.474.